The number of likely N-dealkylation sites (N-methyl/N-ethyl adjacent to an activating group) is 1. The van der Waals surface area contributed by atoms with Gasteiger partial charge in [0.1, 0.15) is 13.2 Å². The topological polar surface area (TPSA) is 108 Å². The molecular formula is C60H105N2O6P. The van der Waals surface area contributed by atoms with Crippen LogP contribution in [0.15, 0.2) is 109 Å². The number of nitrogens with one attached hydrogen (secondary N) is 1. The first-order valence-electron chi connectivity index (χ1n) is 27.7. The Bertz CT molecular complexity index is 1490. The number of nitrogens with zero attached hydrogens (tertiary/aromatic N) is 1. The maximum absolute atomic E-state index is 13.0. The predicted molar refractivity (Wildman–Crippen MR) is 297 cm³/mol. The molecule has 0 aromatic heterocycles. The van der Waals surface area contributed by atoms with Gasteiger partial charge in [-0.05, 0) is 83.5 Å². The molecule has 8 nitrogen and oxygen atoms in total. The van der Waals surface area contributed by atoms with Crippen LogP contribution in [0.5, 0.6) is 0 Å². The van der Waals surface area contributed by atoms with E-state index in [0.717, 1.165) is 116 Å². The summed E-state index contributed by atoms with van der Waals surface area (Å²) < 4.78 is 23.3. The van der Waals surface area contributed by atoms with Crippen LogP contribution in [-0.2, 0) is 18.4 Å². The molecule has 0 fully saturated rings. The second-order valence-electron chi connectivity index (χ2n) is 19.6. The number of aliphatic hydroxyl groups excluding tert-OH is 1. The molecule has 396 valence electrons. The minimum Gasteiger partial charge on any atom is -0.756 e. The van der Waals surface area contributed by atoms with Gasteiger partial charge in [0.2, 0.25) is 5.91 Å². The summed E-state index contributed by atoms with van der Waals surface area (Å²) in [5, 5.41) is 14.0. The summed E-state index contributed by atoms with van der Waals surface area (Å²) in [5.74, 6) is -0.188. The second kappa shape index (κ2) is 50.1. The maximum Gasteiger partial charge on any atom is 0.268 e. The van der Waals surface area contributed by atoms with Crippen molar-refractivity contribution in [1.29, 1.82) is 0 Å². The van der Waals surface area contributed by atoms with Gasteiger partial charge in [0.05, 0.1) is 39.9 Å². The van der Waals surface area contributed by atoms with Crippen LogP contribution >= 0.6 is 7.82 Å². The first-order valence-corrected chi connectivity index (χ1v) is 29.2. The van der Waals surface area contributed by atoms with Crippen LogP contribution < -0.4 is 10.2 Å². The zero-order chi connectivity index (χ0) is 50.6. The minimum absolute atomic E-state index is 0.00226. The van der Waals surface area contributed by atoms with Crippen LogP contribution in [0.2, 0.25) is 0 Å². The predicted octanol–water partition coefficient (Wildman–Crippen LogP) is 16.2. The van der Waals surface area contributed by atoms with Gasteiger partial charge in [-0.1, -0.05) is 232 Å². The van der Waals surface area contributed by atoms with Crippen LogP contribution in [0.25, 0.3) is 0 Å². The summed E-state index contributed by atoms with van der Waals surface area (Å²) in [7, 11) is 1.27. The Kier molecular flexibility index (Phi) is 48.1. The van der Waals surface area contributed by atoms with Crippen molar-refractivity contribution in [3.05, 3.63) is 109 Å². The number of rotatable bonds is 49. The number of carbonyl (C=O) groups is 1. The van der Waals surface area contributed by atoms with E-state index in [4.69, 9.17) is 9.05 Å². The average molecular weight is 981 g/mol. The molecule has 69 heavy (non-hydrogen) atoms. The summed E-state index contributed by atoms with van der Waals surface area (Å²) in [6.07, 6.45) is 72.5. The Hall–Kier alpha value is -2.84. The fourth-order valence-corrected chi connectivity index (χ4v) is 8.17. The van der Waals surface area contributed by atoms with E-state index in [1.165, 1.54) is 70.6 Å². The molecule has 0 aliphatic carbocycles. The van der Waals surface area contributed by atoms with Gasteiger partial charge in [0.25, 0.3) is 7.82 Å². The number of amides is 1. The zero-order valence-electron chi connectivity index (χ0n) is 45.0. The third kappa shape index (κ3) is 52.8. The van der Waals surface area contributed by atoms with Gasteiger partial charge in [-0.2, -0.15) is 0 Å². The molecule has 3 atom stereocenters. The Morgan fingerprint density at radius 1 is 0.522 bits per heavy atom. The molecule has 0 rings (SSSR count). The number of aliphatic hydroxyl groups is 1. The zero-order valence-corrected chi connectivity index (χ0v) is 45.9. The molecule has 0 aliphatic heterocycles. The Morgan fingerprint density at radius 2 is 0.884 bits per heavy atom. The first kappa shape index (κ1) is 66.2. The lowest BCUT2D eigenvalue weighted by Gasteiger charge is -2.30. The van der Waals surface area contributed by atoms with E-state index < -0.39 is 20.0 Å². The van der Waals surface area contributed by atoms with Crippen LogP contribution in [0.1, 0.15) is 213 Å². The van der Waals surface area contributed by atoms with Crippen molar-refractivity contribution >= 4 is 13.7 Å². The number of quaternary nitrogens is 1. The van der Waals surface area contributed by atoms with Crippen molar-refractivity contribution in [2.24, 2.45) is 0 Å². The standard InChI is InChI=1S/C60H105N2O6P/c1-6-8-10-12-14-16-18-20-22-23-24-25-26-27-28-29-30-31-32-33-34-35-36-37-38-39-40-42-44-46-48-50-52-54-60(64)61-58(57-68-69(65,66)67-56-55-62(3,4)5)59(63)53-51-49-47-45-43-41-21-19-17-15-13-11-9-7-2/h8,10,14,16,20,22,24-25,27-28,30-31,33-34,36-37,39-40,58-59,63H,6-7,9,11-13,15,17-19,21,23,26,29,32,35,38,41-57H2,1-5H3,(H-,61,64,65,66)/b10-8-,16-14-,22-20-,25-24-,28-27-,31-30-,34-33-,37-36-,40-39-. The van der Waals surface area contributed by atoms with Crippen LogP contribution in [-0.4, -0.2) is 68.5 Å². The number of allylic oxidation sites excluding steroid dienone is 18. The second-order valence-corrected chi connectivity index (χ2v) is 21.0. The molecule has 0 bridgehead atoms. The van der Waals surface area contributed by atoms with Crippen molar-refractivity contribution in [2.45, 2.75) is 225 Å². The molecule has 0 aromatic rings. The van der Waals surface area contributed by atoms with E-state index in [1.54, 1.807) is 0 Å². The summed E-state index contributed by atoms with van der Waals surface area (Å²) in [4.78, 5) is 25.5. The van der Waals surface area contributed by atoms with E-state index in [1.807, 2.05) is 21.1 Å². The number of hydrogen-bond acceptors (Lipinski definition) is 6. The van der Waals surface area contributed by atoms with E-state index >= 15 is 0 Å². The molecule has 0 saturated carbocycles. The van der Waals surface area contributed by atoms with E-state index in [-0.39, 0.29) is 19.1 Å². The number of phosphoric ester groups is 1. The smallest absolute Gasteiger partial charge is 0.268 e. The highest BCUT2D eigenvalue weighted by Crippen LogP contribution is 2.38. The summed E-state index contributed by atoms with van der Waals surface area (Å²) in [6.45, 7) is 4.58. The van der Waals surface area contributed by atoms with Crippen molar-refractivity contribution in [2.75, 3.05) is 40.9 Å². The Morgan fingerprint density at radius 3 is 1.29 bits per heavy atom. The molecule has 3 unspecified atom stereocenters. The summed E-state index contributed by atoms with van der Waals surface area (Å²) >= 11 is 0. The monoisotopic (exact) mass is 981 g/mol. The van der Waals surface area contributed by atoms with Gasteiger partial charge in [-0.25, -0.2) is 0 Å². The maximum atomic E-state index is 13.0. The van der Waals surface area contributed by atoms with Gasteiger partial charge in [-0.3, -0.25) is 9.36 Å². The fraction of sp³-hybridized carbons (Fsp3) is 0.683. The quantitative estimate of drug-likeness (QED) is 0.0272. The highest BCUT2D eigenvalue weighted by molar-refractivity contribution is 7.45. The average Bonchev–Trinajstić information content (AvgIpc) is 3.31. The Balaban J connectivity index is 4.23. The molecule has 0 spiro atoms. The molecule has 2 N–H and O–H groups in total. The largest absolute Gasteiger partial charge is 0.756 e. The molecule has 0 aromatic carbocycles. The summed E-state index contributed by atoms with van der Waals surface area (Å²) in [6, 6.07) is -0.819. The van der Waals surface area contributed by atoms with Crippen LogP contribution in [0.3, 0.4) is 0 Å². The number of phosphoric acid groups is 1. The van der Waals surface area contributed by atoms with Crippen LogP contribution in [0.4, 0.5) is 0 Å². The number of hydrogen-bond donors (Lipinski definition) is 2. The van der Waals surface area contributed by atoms with E-state index in [9.17, 15) is 19.4 Å². The first-order chi connectivity index (χ1) is 33.5. The lowest BCUT2D eigenvalue weighted by Crippen LogP contribution is -2.46. The molecule has 0 aliphatic rings. The fourth-order valence-electron chi connectivity index (χ4n) is 7.44. The minimum atomic E-state index is -4.58. The lowest BCUT2D eigenvalue weighted by molar-refractivity contribution is -0.870. The van der Waals surface area contributed by atoms with Gasteiger partial charge < -0.3 is 28.8 Å². The van der Waals surface area contributed by atoms with Crippen molar-refractivity contribution in [3.8, 4) is 0 Å². The molecular weight excluding hydrogens is 876 g/mol. The van der Waals surface area contributed by atoms with Crippen molar-refractivity contribution in [1.82, 2.24) is 5.32 Å². The van der Waals surface area contributed by atoms with Gasteiger partial charge in [-0.15, -0.1) is 0 Å². The van der Waals surface area contributed by atoms with Gasteiger partial charge in [0, 0.05) is 6.42 Å². The van der Waals surface area contributed by atoms with E-state index in [0.29, 0.717) is 23.9 Å². The summed E-state index contributed by atoms with van der Waals surface area (Å²) in [5.41, 5.74) is 0. The molecule has 0 heterocycles. The highest BCUT2D eigenvalue weighted by atomic mass is 31.2. The van der Waals surface area contributed by atoms with Crippen molar-refractivity contribution in [3.63, 3.8) is 0 Å². The number of carbonyl (C=O) groups excluding carboxylic acids is 1. The lowest BCUT2D eigenvalue weighted by atomic mass is 10.0. The van der Waals surface area contributed by atoms with Crippen LogP contribution in [0, 0.1) is 0 Å². The molecule has 0 radical (unpaired) electrons. The Labute approximate surface area is 425 Å². The molecule has 1 amide bonds. The van der Waals surface area contributed by atoms with E-state index in [2.05, 4.69) is 129 Å². The third-order valence-electron chi connectivity index (χ3n) is 11.8. The SMILES string of the molecule is CC/C=C\C/C=C\C/C=C\C/C=C\C/C=C\C/C=C\C/C=C\C/C=C\C/C=C\CCCCCCCC(=O)NC(COP(=O)([O-])OCC[N+](C)(C)C)C(O)CCCCCCCCCCCCCCCC. The highest BCUT2D eigenvalue weighted by Gasteiger charge is 2.24. The normalized spacial score (nSPS) is 14.8. The number of unbranched alkanes of at least 4 members (excludes halogenated alkanes) is 18. The molecule has 0 saturated heterocycles. The third-order valence-corrected chi connectivity index (χ3v) is 12.7. The van der Waals surface area contributed by atoms with Gasteiger partial charge >= 0.3 is 0 Å². The van der Waals surface area contributed by atoms with Crippen molar-refractivity contribution < 1.29 is 32.9 Å². The van der Waals surface area contributed by atoms with Gasteiger partial charge in [0.15, 0.2) is 0 Å². The molecule has 9 heteroatoms.